The molecule has 1 heterocycles. The van der Waals surface area contributed by atoms with Gasteiger partial charge in [-0.1, -0.05) is 60.2 Å². The minimum absolute atomic E-state index is 0.0901. The highest BCUT2D eigenvalue weighted by molar-refractivity contribution is 6.43. The van der Waals surface area contributed by atoms with Crippen molar-refractivity contribution in [3.8, 4) is 0 Å². The van der Waals surface area contributed by atoms with Gasteiger partial charge in [0.15, 0.2) is 0 Å². The summed E-state index contributed by atoms with van der Waals surface area (Å²) in [7, 11) is -1.73. The fourth-order valence-corrected chi connectivity index (χ4v) is 3.25. The van der Waals surface area contributed by atoms with Crippen LogP contribution in [0.5, 0.6) is 0 Å². The molecule has 32 heavy (non-hydrogen) atoms. The van der Waals surface area contributed by atoms with Gasteiger partial charge in [0.25, 0.3) is 5.91 Å². The zero-order valence-corrected chi connectivity index (χ0v) is 17.7. The molecular weight excluding hydrogens is 407 g/mol. The average molecular weight is 432 g/mol. The fraction of sp³-hybridized carbons (Fsp3) is 0.217. The van der Waals surface area contributed by atoms with E-state index in [0.717, 1.165) is 16.7 Å². The summed E-state index contributed by atoms with van der Waals surface area (Å²) >= 11 is 0. The summed E-state index contributed by atoms with van der Waals surface area (Å²) in [5.41, 5.74) is 2.82. The first-order valence-corrected chi connectivity index (χ1v) is 10.2. The van der Waals surface area contributed by atoms with Gasteiger partial charge in [0.05, 0.1) is 24.6 Å². The topological polar surface area (TPSA) is 124 Å². The monoisotopic (exact) mass is 432 g/mol. The van der Waals surface area contributed by atoms with Crippen LogP contribution in [0.3, 0.4) is 0 Å². The lowest BCUT2D eigenvalue weighted by Gasteiger charge is -2.22. The molecular formula is C23H25BN4O4. The van der Waals surface area contributed by atoms with Crippen LogP contribution in [0, 0.1) is 6.92 Å². The Morgan fingerprint density at radius 1 is 1.00 bits per heavy atom. The van der Waals surface area contributed by atoms with Gasteiger partial charge in [0, 0.05) is 12.4 Å². The summed E-state index contributed by atoms with van der Waals surface area (Å²) in [6.45, 7) is 1.96. The number of hydrogen-bond acceptors (Lipinski definition) is 6. The van der Waals surface area contributed by atoms with E-state index in [0.29, 0.717) is 0 Å². The van der Waals surface area contributed by atoms with Crippen LogP contribution < -0.4 is 10.6 Å². The fourth-order valence-electron chi connectivity index (χ4n) is 3.25. The third-order valence-corrected chi connectivity index (χ3v) is 4.98. The van der Waals surface area contributed by atoms with Crippen LogP contribution >= 0.6 is 0 Å². The molecule has 0 radical (unpaired) electrons. The predicted molar refractivity (Wildman–Crippen MR) is 120 cm³/mol. The smallest absolute Gasteiger partial charge is 0.426 e. The van der Waals surface area contributed by atoms with E-state index in [2.05, 4.69) is 20.6 Å². The summed E-state index contributed by atoms with van der Waals surface area (Å²) in [6.07, 6.45) is 4.39. The number of amides is 2. The Kier molecular flexibility index (Phi) is 8.07. The maximum absolute atomic E-state index is 12.8. The highest BCUT2D eigenvalue weighted by Crippen LogP contribution is 2.18. The Hall–Kier alpha value is -3.56. The van der Waals surface area contributed by atoms with Crippen molar-refractivity contribution >= 4 is 18.9 Å². The van der Waals surface area contributed by atoms with Gasteiger partial charge in [-0.15, -0.1) is 0 Å². The molecule has 0 aliphatic rings. The van der Waals surface area contributed by atoms with E-state index in [9.17, 15) is 19.6 Å². The zero-order valence-electron chi connectivity index (χ0n) is 17.7. The number of aryl methyl sites for hydroxylation is 1. The van der Waals surface area contributed by atoms with Crippen LogP contribution in [-0.4, -0.2) is 44.9 Å². The standard InChI is InChI=1S/C23H25BN4O4/c1-16-7-9-17(10-8-16)13-21(24(31)32)28-22(29)14-19(18-5-3-2-4-6-18)27-23(30)20-15-25-11-12-26-20/h2-12,15,19,21,31-32H,13-14H2,1H3,(H,27,30)(H,28,29)/t19?,21-/m0/s1. The van der Waals surface area contributed by atoms with Crippen molar-refractivity contribution in [2.24, 2.45) is 0 Å². The van der Waals surface area contributed by atoms with Gasteiger partial charge in [-0.2, -0.15) is 0 Å². The van der Waals surface area contributed by atoms with Crippen molar-refractivity contribution in [1.29, 1.82) is 0 Å². The molecule has 3 rings (SSSR count). The first-order valence-electron chi connectivity index (χ1n) is 10.2. The van der Waals surface area contributed by atoms with E-state index in [1.807, 2.05) is 49.4 Å². The zero-order chi connectivity index (χ0) is 22.9. The number of hydrogen-bond donors (Lipinski definition) is 4. The minimum Gasteiger partial charge on any atom is -0.426 e. The van der Waals surface area contributed by atoms with Gasteiger partial charge in [-0.3, -0.25) is 14.6 Å². The first kappa shape index (κ1) is 23.1. The molecule has 2 amide bonds. The summed E-state index contributed by atoms with van der Waals surface area (Å²) in [4.78, 5) is 33.3. The molecule has 2 atom stereocenters. The molecule has 9 heteroatoms. The van der Waals surface area contributed by atoms with Crippen LogP contribution in [0.1, 0.15) is 39.6 Å². The summed E-state index contributed by atoms with van der Waals surface area (Å²) < 4.78 is 0. The van der Waals surface area contributed by atoms with Gasteiger partial charge in [-0.05, 0) is 24.5 Å². The number of rotatable bonds is 9. The molecule has 4 N–H and O–H groups in total. The molecule has 8 nitrogen and oxygen atoms in total. The van der Waals surface area contributed by atoms with Gasteiger partial charge >= 0.3 is 7.12 Å². The number of carbonyl (C=O) groups is 2. The van der Waals surface area contributed by atoms with Crippen LogP contribution in [-0.2, 0) is 11.2 Å². The average Bonchev–Trinajstić information content (AvgIpc) is 2.80. The van der Waals surface area contributed by atoms with Gasteiger partial charge in [0.2, 0.25) is 5.91 Å². The molecule has 0 saturated heterocycles. The number of carbonyl (C=O) groups excluding carboxylic acids is 2. The van der Waals surface area contributed by atoms with E-state index < -0.39 is 30.9 Å². The lowest BCUT2D eigenvalue weighted by Crippen LogP contribution is -2.48. The highest BCUT2D eigenvalue weighted by atomic mass is 16.4. The molecule has 0 fully saturated rings. The molecule has 1 aromatic heterocycles. The second-order valence-electron chi connectivity index (χ2n) is 7.51. The third-order valence-electron chi connectivity index (χ3n) is 4.98. The van der Waals surface area contributed by atoms with E-state index in [-0.39, 0.29) is 18.5 Å². The molecule has 0 saturated carbocycles. The maximum atomic E-state index is 12.8. The molecule has 2 aromatic carbocycles. The lowest BCUT2D eigenvalue weighted by molar-refractivity contribution is -0.122. The Balaban J connectivity index is 1.70. The Bertz CT molecular complexity index is 1020. The minimum atomic E-state index is -1.73. The van der Waals surface area contributed by atoms with Crippen LogP contribution in [0.15, 0.2) is 73.2 Å². The Morgan fingerprint density at radius 3 is 2.34 bits per heavy atom. The SMILES string of the molecule is Cc1ccc(C[C@H](NC(=O)CC(NC(=O)c2cnccn2)c2ccccc2)B(O)O)cc1. The van der Waals surface area contributed by atoms with Gasteiger partial charge in [-0.25, -0.2) is 4.98 Å². The predicted octanol–water partition coefficient (Wildman–Crippen LogP) is 1.39. The van der Waals surface area contributed by atoms with E-state index >= 15 is 0 Å². The maximum Gasteiger partial charge on any atom is 0.475 e. The number of benzene rings is 2. The van der Waals surface area contributed by atoms with E-state index in [1.54, 1.807) is 12.1 Å². The lowest BCUT2D eigenvalue weighted by atomic mass is 9.75. The number of nitrogens with one attached hydrogen (secondary N) is 2. The van der Waals surface area contributed by atoms with Crippen LogP contribution in [0.25, 0.3) is 0 Å². The molecule has 0 aliphatic carbocycles. The van der Waals surface area contributed by atoms with Crippen molar-refractivity contribution in [3.05, 3.63) is 95.6 Å². The first-order chi connectivity index (χ1) is 15.4. The van der Waals surface area contributed by atoms with Crippen molar-refractivity contribution in [2.45, 2.75) is 31.7 Å². The van der Waals surface area contributed by atoms with Crippen molar-refractivity contribution in [3.63, 3.8) is 0 Å². The molecule has 1 unspecified atom stereocenters. The third kappa shape index (κ3) is 6.73. The molecule has 0 bridgehead atoms. The van der Waals surface area contributed by atoms with E-state index in [4.69, 9.17) is 0 Å². The van der Waals surface area contributed by atoms with Crippen LogP contribution in [0.2, 0.25) is 0 Å². The molecule has 3 aromatic rings. The van der Waals surface area contributed by atoms with Crippen molar-refractivity contribution in [1.82, 2.24) is 20.6 Å². The quantitative estimate of drug-likeness (QED) is 0.379. The highest BCUT2D eigenvalue weighted by Gasteiger charge is 2.27. The molecule has 164 valence electrons. The Morgan fingerprint density at radius 2 is 1.72 bits per heavy atom. The molecule has 0 spiro atoms. The van der Waals surface area contributed by atoms with Crippen molar-refractivity contribution in [2.75, 3.05) is 0 Å². The summed E-state index contributed by atoms with van der Waals surface area (Å²) in [5.74, 6) is -1.78. The van der Waals surface area contributed by atoms with Crippen LogP contribution in [0.4, 0.5) is 0 Å². The van der Waals surface area contributed by atoms with E-state index in [1.165, 1.54) is 18.6 Å². The largest absolute Gasteiger partial charge is 0.475 e. The van der Waals surface area contributed by atoms with Crippen molar-refractivity contribution < 1.29 is 19.6 Å². The van der Waals surface area contributed by atoms with Gasteiger partial charge in [0.1, 0.15) is 5.69 Å². The Labute approximate surface area is 186 Å². The molecule has 0 aliphatic heterocycles. The number of aromatic nitrogens is 2. The normalized spacial score (nSPS) is 12.5. The second kappa shape index (κ2) is 11.2. The van der Waals surface area contributed by atoms with Gasteiger partial charge < -0.3 is 20.7 Å². The summed E-state index contributed by atoms with van der Waals surface area (Å²) in [6, 6.07) is 16.0. The second-order valence-corrected chi connectivity index (χ2v) is 7.51. The summed E-state index contributed by atoms with van der Waals surface area (Å²) in [5, 5.41) is 25.0. The number of nitrogens with zero attached hydrogens (tertiary/aromatic N) is 2.